The van der Waals surface area contributed by atoms with Crippen LogP contribution >= 0.6 is 0 Å². The van der Waals surface area contributed by atoms with Gasteiger partial charge in [0, 0.05) is 52.1 Å². The van der Waals surface area contributed by atoms with Gasteiger partial charge in [0.25, 0.3) is 0 Å². The Bertz CT molecular complexity index is 2500. The SMILES string of the molecule is Cc1cc(-c2ccc(-c3ccccc3)cc2)cnc1B(c1ncc(-c2ccc(-c3ccccc3)cc2)cc1C)c1ncc(-c2ccc(-c3ccccc3)cc2)cc1C. The Kier molecular flexibility index (Phi) is 10.1. The Morgan fingerprint density at radius 2 is 0.466 bits per heavy atom. The summed E-state index contributed by atoms with van der Waals surface area (Å²) in [6.45, 7) is 6.21. The molecule has 3 nitrogen and oxygen atoms in total. The van der Waals surface area contributed by atoms with Crippen molar-refractivity contribution in [1.82, 2.24) is 15.0 Å². The highest BCUT2D eigenvalue weighted by molar-refractivity contribution is 6.94. The third-order valence-electron chi connectivity index (χ3n) is 11.2. The Hall–Kier alpha value is -7.17. The molecule has 0 amide bonds. The molecule has 4 heteroatoms. The lowest BCUT2D eigenvalue weighted by atomic mass is 9.39. The van der Waals surface area contributed by atoms with Crippen LogP contribution in [0.25, 0.3) is 66.8 Å². The van der Waals surface area contributed by atoms with Crippen molar-refractivity contribution in [3.63, 3.8) is 0 Å². The lowest BCUT2D eigenvalue weighted by molar-refractivity contribution is 1.27. The molecule has 0 saturated heterocycles. The van der Waals surface area contributed by atoms with Crippen molar-refractivity contribution in [2.45, 2.75) is 20.8 Å². The molecule has 0 aliphatic carbocycles. The van der Waals surface area contributed by atoms with Crippen molar-refractivity contribution in [1.29, 1.82) is 0 Å². The van der Waals surface area contributed by atoms with E-state index in [0.717, 1.165) is 66.9 Å². The Morgan fingerprint density at radius 1 is 0.259 bits per heavy atom. The number of nitrogens with zero attached hydrogens (tertiary/aromatic N) is 3. The summed E-state index contributed by atoms with van der Waals surface area (Å²) in [5.41, 5.74) is 20.0. The highest BCUT2D eigenvalue weighted by Crippen LogP contribution is 2.28. The van der Waals surface area contributed by atoms with Gasteiger partial charge in [0.05, 0.1) is 0 Å². The minimum atomic E-state index is -0.265. The van der Waals surface area contributed by atoms with Crippen molar-refractivity contribution in [3.8, 4) is 66.8 Å². The molecule has 9 rings (SSSR count). The molecule has 3 heterocycles. The van der Waals surface area contributed by atoms with Gasteiger partial charge < -0.3 is 0 Å². The molecule has 6 aromatic carbocycles. The summed E-state index contributed by atoms with van der Waals surface area (Å²) >= 11 is 0. The van der Waals surface area contributed by atoms with E-state index in [-0.39, 0.29) is 6.71 Å². The number of aryl methyl sites for hydroxylation is 3. The minimum Gasteiger partial charge on any atom is -0.269 e. The third kappa shape index (κ3) is 7.53. The van der Waals surface area contributed by atoms with E-state index in [1.165, 1.54) is 33.4 Å². The van der Waals surface area contributed by atoms with Crippen molar-refractivity contribution < 1.29 is 0 Å². The quantitative estimate of drug-likeness (QED) is 0.138. The molecular weight excluding hydrogens is 701 g/mol. The van der Waals surface area contributed by atoms with Gasteiger partial charge in [0.2, 0.25) is 0 Å². The summed E-state index contributed by atoms with van der Waals surface area (Å²) in [6, 6.07) is 64.4. The minimum absolute atomic E-state index is 0.265. The second kappa shape index (κ2) is 16.1. The van der Waals surface area contributed by atoms with Crippen LogP contribution in [0.4, 0.5) is 0 Å². The van der Waals surface area contributed by atoms with Crippen LogP contribution in [-0.4, -0.2) is 21.7 Å². The predicted molar refractivity (Wildman–Crippen MR) is 244 cm³/mol. The Balaban J connectivity index is 1.08. The fourth-order valence-corrected chi connectivity index (χ4v) is 7.98. The standard InChI is InChI=1S/C54H42BN3/c1-37-31-49(46-25-19-43(20-26-46)40-13-7-4-8-14-40)34-56-52(37)55(53-38(2)32-50(35-57-53)47-27-21-44(22-28-47)41-15-9-5-10-16-41)54-39(3)33-51(36-58-54)48-29-23-45(24-30-48)42-17-11-6-12-18-42/h4-36H,1-3H3. The lowest BCUT2D eigenvalue weighted by Crippen LogP contribution is -2.58. The number of aromatic nitrogens is 3. The lowest BCUT2D eigenvalue weighted by Gasteiger charge is -2.20. The Labute approximate surface area is 341 Å². The monoisotopic (exact) mass is 743 g/mol. The van der Waals surface area contributed by atoms with E-state index in [9.17, 15) is 0 Å². The first-order chi connectivity index (χ1) is 28.5. The van der Waals surface area contributed by atoms with Crippen molar-refractivity contribution >= 4 is 23.5 Å². The molecule has 0 fully saturated rings. The highest BCUT2D eigenvalue weighted by Gasteiger charge is 2.31. The molecular formula is C54H42BN3. The molecule has 0 aliphatic heterocycles. The summed E-state index contributed by atoms with van der Waals surface area (Å²) in [5.74, 6) is 0. The summed E-state index contributed by atoms with van der Waals surface area (Å²) in [4.78, 5) is 15.7. The summed E-state index contributed by atoms with van der Waals surface area (Å²) in [7, 11) is 0. The van der Waals surface area contributed by atoms with Crippen molar-refractivity contribution in [2.24, 2.45) is 0 Å². The number of benzene rings is 6. The van der Waals surface area contributed by atoms with E-state index in [2.05, 4.69) is 185 Å². The second-order valence-corrected chi connectivity index (χ2v) is 15.0. The molecule has 0 spiro atoms. The molecule has 0 saturated carbocycles. The van der Waals surface area contributed by atoms with Crippen LogP contribution < -0.4 is 16.8 Å². The summed E-state index contributed by atoms with van der Waals surface area (Å²) in [6.07, 6.45) is 6.01. The average Bonchev–Trinajstić information content (AvgIpc) is 3.29. The topological polar surface area (TPSA) is 38.7 Å². The van der Waals surface area contributed by atoms with Crippen LogP contribution in [0.15, 0.2) is 201 Å². The van der Waals surface area contributed by atoms with Gasteiger partial charge in [-0.05, 0) is 106 Å². The zero-order valence-corrected chi connectivity index (χ0v) is 33.0. The first-order valence-corrected chi connectivity index (χ1v) is 19.9. The van der Waals surface area contributed by atoms with Crippen LogP contribution in [0.5, 0.6) is 0 Å². The number of rotatable bonds is 9. The predicted octanol–water partition coefficient (Wildman–Crippen LogP) is 11.3. The zero-order chi connectivity index (χ0) is 39.4. The van der Waals surface area contributed by atoms with E-state index >= 15 is 0 Å². The average molecular weight is 744 g/mol. The van der Waals surface area contributed by atoms with E-state index in [1.807, 2.05) is 36.8 Å². The largest absolute Gasteiger partial charge is 0.311 e. The molecule has 276 valence electrons. The molecule has 0 aliphatic rings. The van der Waals surface area contributed by atoms with E-state index in [4.69, 9.17) is 15.0 Å². The fourth-order valence-electron chi connectivity index (χ4n) is 7.98. The fraction of sp³-hybridized carbons (Fsp3) is 0.0556. The maximum atomic E-state index is 5.23. The highest BCUT2D eigenvalue weighted by atomic mass is 14.7. The van der Waals surface area contributed by atoms with Crippen molar-refractivity contribution in [3.05, 3.63) is 217 Å². The van der Waals surface area contributed by atoms with Crippen LogP contribution in [0, 0.1) is 20.8 Å². The van der Waals surface area contributed by atoms with Gasteiger partial charge in [0.1, 0.15) is 0 Å². The van der Waals surface area contributed by atoms with E-state index < -0.39 is 0 Å². The number of hydrogen-bond acceptors (Lipinski definition) is 3. The van der Waals surface area contributed by atoms with Crippen LogP contribution in [-0.2, 0) is 0 Å². The maximum absolute atomic E-state index is 5.23. The van der Waals surface area contributed by atoms with Gasteiger partial charge in [-0.2, -0.15) is 0 Å². The molecule has 9 aromatic rings. The second-order valence-electron chi connectivity index (χ2n) is 15.0. The third-order valence-corrected chi connectivity index (χ3v) is 11.2. The molecule has 0 bridgehead atoms. The molecule has 3 aromatic heterocycles. The summed E-state index contributed by atoms with van der Waals surface area (Å²) < 4.78 is 0. The van der Waals surface area contributed by atoms with Gasteiger partial charge in [-0.1, -0.05) is 164 Å². The maximum Gasteiger partial charge on any atom is 0.311 e. The normalized spacial score (nSPS) is 11.0. The Morgan fingerprint density at radius 3 is 0.690 bits per heavy atom. The van der Waals surface area contributed by atoms with Gasteiger partial charge in [-0.15, -0.1) is 0 Å². The first-order valence-electron chi connectivity index (χ1n) is 19.9. The zero-order valence-electron chi connectivity index (χ0n) is 33.0. The van der Waals surface area contributed by atoms with Crippen LogP contribution in [0.1, 0.15) is 16.7 Å². The van der Waals surface area contributed by atoms with Gasteiger partial charge >= 0.3 is 6.71 Å². The molecule has 0 N–H and O–H groups in total. The van der Waals surface area contributed by atoms with Gasteiger partial charge in [-0.3, -0.25) is 15.0 Å². The van der Waals surface area contributed by atoms with Crippen LogP contribution in [0.3, 0.4) is 0 Å². The van der Waals surface area contributed by atoms with Gasteiger partial charge in [0.15, 0.2) is 0 Å². The van der Waals surface area contributed by atoms with Crippen molar-refractivity contribution in [2.75, 3.05) is 0 Å². The molecule has 0 unspecified atom stereocenters. The van der Waals surface area contributed by atoms with Crippen LogP contribution in [0.2, 0.25) is 0 Å². The molecule has 0 radical (unpaired) electrons. The molecule has 58 heavy (non-hydrogen) atoms. The number of hydrogen-bond donors (Lipinski definition) is 0. The summed E-state index contributed by atoms with van der Waals surface area (Å²) in [5, 5.41) is 0. The van der Waals surface area contributed by atoms with E-state index in [0.29, 0.717) is 0 Å². The first kappa shape index (κ1) is 36.5. The smallest absolute Gasteiger partial charge is 0.269 e. The van der Waals surface area contributed by atoms with Gasteiger partial charge in [-0.25, -0.2) is 0 Å². The number of pyridine rings is 3. The van der Waals surface area contributed by atoms with E-state index in [1.54, 1.807) is 0 Å². The molecule has 0 atom stereocenters.